The van der Waals surface area contributed by atoms with E-state index in [0.717, 1.165) is 23.9 Å². The minimum Gasteiger partial charge on any atom is -0.370 e. The number of carbonyl (C=O) groups excluding carboxylic acids is 2. The van der Waals surface area contributed by atoms with Gasteiger partial charge in [0.25, 0.3) is 5.91 Å². The second-order valence-corrected chi connectivity index (χ2v) is 9.25. The Kier molecular flexibility index (Phi) is 8.77. The molecule has 12 heteroatoms. The van der Waals surface area contributed by atoms with Crippen molar-refractivity contribution >= 4 is 17.8 Å². The van der Waals surface area contributed by atoms with Gasteiger partial charge in [-0.2, -0.15) is 13.2 Å². The van der Waals surface area contributed by atoms with Gasteiger partial charge in [-0.1, -0.05) is 17.9 Å². The molecule has 2 heterocycles. The molecule has 0 atom stereocenters. The number of hydrogen-bond acceptors (Lipinski definition) is 6. The summed E-state index contributed by atoms with van der Waals surface area (Å²) in [5.74, 6) is 0.475. The lowest BCUT2D eigenvalue weighted by Gasteiger charge is -2.31. The van der Waals surface area contributed by atoms with Crippen LogP contribution in [-0.2, 0) is 12.6 Å². The lowest BCUT2D eigenvalue weighted by molar-refractivity contribution is -0.137. The Labute approximate surface area is 235 Å². The fourth-order valence-corrected chi connectivity index (χ4v) is 3.91. The number of halogens is 3. The van der Waals surface area contributed by atoms with E-state index in [4.69, 9.17) is 0 Å². The first-order chi connectivity index (χ1) is 19.5. The number of benzene rings is 1. The summed E-state index contributed by atoms with van der Waals surface area (Å²) in [5.41, 5.74) is 6.45. The van der Waals surface area contributed by atoms with E-state index in [9.17, 15) is 22.8 Å². The topological polar surface area (TPSA) is 102 Å². The van der Waals surface area contributed by atoms with E-state index in [1.165, 1.54) is 17.0 Å². The molecule has 1 aromatic heterocycles. The molecule has 3 N–H and O–H groups in total. The van der Waals surface area contributed by atoms with E-state index in [1.807, 2.05) is 30.1 Å². The Morgan fingerprint density at radius 2 is 1.90 bits per heavy atom. The fourth-order valence-electron chi connectivity index (χ4n) is 3.91. The lowest BCUT2D eigenvalue weighted by Crippen LogP contribution is -2.44. The average molecular weight is 564 g/mol. The summed E-state index contributed by atoms with van der Waals surface area (Å²) in [4.78, 5) is 37.8. The molecule has 0 saturated heterocycles. The molecule has 1 aliphatic carbocycles. The van der Waals surface area contributed by atoms with E-state index in [1.54, 1.807) is 26.2 Å². The molecule has 0 bridgehead atoms. The number of rotatable bonds is 7. The Morgan fingerprint density at radius 3 is 2.63 bits per heavy atom. The van der Waals surface area contributed by atoms with Gasteiger partial charge in [0.2, 0.25) is 0 Å². The summed E-state index contributed by atoms with van der Waals surface area (Å²) >= 11 is 0. The van der Waals surface area contributed by atoms with E-state index in [-0.39, 0.29) is 11.3 Å². The molecule has 1 aliphatic heterocycles. The van der Waals surface area contributed by atoms with Crippen LogP contribution in [-0.4, -0.2) is 59.9 Å². The first-order valence-corrected chi connectivity index (χ1v) is 12.6. The van der Waals surface area contributed by atoms with Gasteiger partial charge in [0.1, 0.15) is 18.3 Å². The van der Waals surface area contributed by atoms with E-state index in [0.29, 0.717) is 42.6 Å². The smallest absolute Gasteiger partial charge is 0.370 e. The second kappa shape index (κ2) is 12.4. The number of amidine groups is 1. The van der Waals surface area contributed by atoms with Crippen LogP contribution in [0.4, 0.5) is 18.0 Å². The zero-order valence-electron chi connectivity index (χ0n) is 22.6. The van der Waals surface area contributed by atoms with Gasteiger partial charge in [-0.15, -0.1) is 0 Å². The molecule has 0 radical (unpaired) electrons. The van der Waals surface area contributed by atoms with Gasteiger partial charge in [0.15, 0.2) is 0 Å². The van der Waals surface area contributed by atoms with Crippen molar-refractivity contribution in [2.24, 2.45) is 4.99 Å². The van der Waals surface area contributed by atoms with Crippen LogP contribution >= 0.6 is 0 Å². The summed E-state index contributed by atoms with van der Waals surface area (Å²) in [6, 6.07) is 9.36. The summed E-state index contributed by atoms with van der Waals surface area (Å²) in [7, 11) is 3.42. The van der Waals surface area contributed by atoms with E-state index >= 15 is 0 Å². The third-order valence-electron chi connectivity index (χ3n) is 6.19. The molecular formula is C29H28F3N7O2. The normalized spacial score (nSPS) is 14.7. The van der Waals surface area contributed by atoms with Gasteiger partial charge in [-0.3, -0.25) is 14.7 Å². The molecule has 3 amide bonds. The highest BCUT2D eigenvalue weighted by Gasteiger charge is 2.31. The van der Waals surface area contributed by atoms with Crippen LogP contribution in [0.1, 0.15) is 28.5 Å². The van der Waals surface area contributed by atoms with Crippen molar-refractivity contribution in [1.82, 2.24) is 30.7 Å². The molecule has 9 nitrogen and oxygen atoms in total. The number of aromatic nitrogens is 1. The number of allylic oxidation sites excluding steroid dienone is 2. The maximum atomic E-state index is 13.2. The fraction of sp³-hybridized carbons (Fsp3) is 0.241. The zero-order valence-corrected chi connectivity index (χ0v) is 22.6. The van der Waals surface area contributed by atoms with Gasteiger partial charge >= 0.3 is 12.2 Å². The van der Waals surface area contributed by atoms with Crippen molar-refractivity contribution in [3.05, 3.63) is 112 Å². The number of alkyl halides is 3. The highest BCUT2D eigenvalue weighted by Crippen LogP contribution is 2.29. The number of hydrogen-bond donors (Lipinski definition) is 3. The molecule has 1 aromatic carbocycles. The van der Waals surface area contributed by atoms with Gasteiger partial charge < -0.3 is 20.9 Å². The summed E-state index contributed by atoms with van der Waals surface area (Å²) in [5, 5.41) is 8.56. The molecular weight excluding hydrogens is 535 g/mol. The van der Waals surface area contributed by atoms with Crippen LogP contribution in [0.15, 0.2) is 100 Å². The molecule has 212 valence electrons. The number of carbonyl (C=O) groups is 2. The third kappa shape index (κ3) is 7.54. The summed E-state index contributed by atoms with van der Waals surface area (Å²) < 4.78 is 39.1. The predicted octanol–water partition coefficient (Wildman–Crippen LogP) is 3.93. The van der Waals surface area contributed by atoms with Crippen molar-refractivity contribution in [1.29, 1.82) is 0 Å². The van der Waals surface area contributed by atoms with Crippen LogP contribution in [0.3, 0.4) is 0 Å². The Bertz CT molecular complexity index is 1530. The second-order valence-electron chi connectivity index (χ2n) is 9.25. The van der Waals surface area contributed by atoms with Gasteiger partial charge in [-0.05, 0) is 49.1 Å². The highest BCUT2D eigenvalue weighted by atomic mass is 19.4. The Morgan fingerprint density at radius 1 is 1.10 bits per heavy atom. The monoisotopic (exact) mass is 563 g/mol. The maximum Gasteiger partial charge on any atom is 0.416 e. The van der Waals surface area contributed by atoms with Gasteiger partial charge in [0, 0.05) is 56.2 Å². The third-order valence-corrected chi connectivity index (χ3v) is 6.19. The zero-order chi connectivity index (χ0) is 29.6. The number of aliphatic imine (C=N–C) groups is 1. The van der Waals surface area contributed by atoms with E-state index in [2.05, 4.69) is 37.4 Å². The molecule has 0 unspecified atom stereocenters. The minimum absolute atomic E-state index is 0.136. The quantitative estimate of drug-likeness (QED) is 0.444. The predicted molar refractivity (Wildman–Crippen MR) is 147 cm³/mol. The van der Waals surface area contributed by atoms with Crippen molar-refractivity contribution in [3.63, 3.8) is 0 Å². The molecule has 0 spiro atoms. The SMILES string of the molecule is CC1=C=C=C(NC(=O)c2cccc(C(F)(F)F)c2)C=C1NC(=O)N(C)C1=CC(NCCc2ccccn2)=NCN1C. The molecule has 2 aliphatic rings. The molecule has 2 aromatic rings. The molecule has 0 fully saturated rings. The van der Waals surface area contributed by atoms with E-state index < -0.39 is 23.7 Å². The Balaban J connectivity index is 1.39. The van der Waals surface area contributed by atoms with Gasteiger partial charge in [0.05, 0.1) is 17.0 Å². The lowest BCUT2D eigenvalue weighted by atomic mass is 10.1. The standard InChI is InChI=1S/C29H28F3N7O2/c1-19-10-11-23(36-27(40)20-7-6-8-21(15-20)29(30,31)32)16-24(19)37-28(41)39(3)26-17-25(35-18-38(26)2)34-14-12-22-9-4-5-13-33-22/h4-9,13,15-17H,12,14,18H2,1-3H3,(H,34,35)(H,36,40)(H,37,41). The van der Waals surface area contributed by atoms with Crippen LogP contribution in [0.5, 0.6) is 0 Å². The number of amides is 3. The average Bonchev–Trinajstić information content (AvgIpc) is 2.95. The number of pyridine rings is 1. The first-order valence-electron chi connectivity index (χ1n) is 12.6. The van der Waals surface area contributed by atoms with Crippen LogP contribution < -0.4 is 16.0 Å². The van der Waals surface area contributed by atoms with Crippen LogP contribution in [0, 0.1) is 0 Å². The van der Waals surface area contributed by atoms with Crippen molar-refractivity contribution in [2.45, 2.75) is 19.5 Å². The summed E-state index contributed by atoms with van der Waals surface area (Å²) in [6.45, 7) is 2.66. The van der Waals surface area contributed by atoms with Gasteiger partial charge in [-0.25, -0.2) is 9.79 Å². The highest BCUT2D eigenvalue weighted by molar-refractivity contribution is 5.96. The number of nitrogens with zero attached hydrogens (tertiary/aromatic N) is 4. The van der Waals surface area contributed by atoms with Crippen molar-refractivity contribution < 1.29 is 22.8 Å². The van der Waals surface area contributed by atoms with Crippen molar-refractivity contribution in [2.75, 3.05) is 27.3 Å². The Hall–Kier alpha value is -5.05. The molecule has 41 heavy (non-hydrogen) atoms. The molecule has 0 saturated carbocycles. The minimum atomic E-state index is -4.58. The largest absolute Gasteiger partial charge is 0.416 e. The maximum absolute atomic E-state index is 13.2. The molecule has 4 rings (SSSR count). The number of nitrogens with one attached hydrogen (secondary N) is 3. The van der Waals surface area contributed by atoms with Crippen molar-refractivity contribution in [3.8, 4) is 0 Å². The summed E-state index contributed by atoms with van der Waals surface area (Å²) in [6.07, 6.45) is 1.11. The van der Waals surface area contributed by atoms with Crippen LogP contribution in [0.25, 0.3) is 0 Å². The first kappa shape index (κ1) is 28.9. The number of urea groups is 1. The van der Waals surface area contributed by atoms with Crippen LogP contribution in [0.2, 0.25) is 0 Å².